The predicted molar refractivity (Wildman–Crippen MR) is 114 cm³/mol. The Balaban J connectivity index is 1.80. The number of nitrogens with one attached hydrogen (secondary N) is 3. The third-order valence-electron chi connectivity index (χ3n) is 4.48. The van der Waals surface area contributed by atoms with E-state index in [1.54, 1.807) is 26.0 Å². The summed E-state index contributed by atoms with van der Waals surface area (Å²) in [6.45, 7) is 9.87. The zero-order chi connectivity index (χ0) is 20.5. The van der Waals surface area contributed by atoms with E-state index < -0.39 is 10.0 Å². The molecule has 0 saturated heterocycles. The van der Waals surface area contributed by atoms with Crippen LogP contribution in [-0.2, 0) is 15.4 Å². The largest absolute Gasteiger partial charge is 0.355 e. The predicted octanol–water partition coefficient (Wildman–Crippen LogP) is 4.87. The molecule has 2 aromatic carbocycles. The summed E-state index contributed by atoms with van der Waals surface area (Å²) in [5.74, 6) is 0. The van der Waals surface area contributed by atoms with Crippen LogP contribution in [0.4, 0.5) is 17.1 Å². The molecule has 0 aliphatic carbocycles. The highest BCUT2D eigenvalue weighted by molar-refractivity contribution is 7.92. The van der Waals surface area contributed by atoms with Crippen molar-refractivity contribution in [2.45, 2.75) is 44.9 Å². The summed E-state index contributed by atoms with van der Waals surface area (Å²) < 4.78 is 27.9. The Morgan fingerprint density at radius 3 is 2.11 bits per heavy atom. The number of sulfonamides is 1. The second-order valence-corrected chi connectivity index (χ2v) is 9.49. The summed E-state index contributed by atoms with van der Waals surface area (Å²) >= 11 is 0. The summed E-state index contributed by atoms with van der Waals surface area (Å²) in [5.41, 5.74) is 4.60. The minimum Gasteiger partial charge on any atom is -0.355 e. The number of anilines is 3. The Bertz CT molecular complexity index is 1060. The molecule has 0 atom stereocenters. The lowest BCUT2D eigenvalue weighted by atomic mass is 9.86. The van der Waals surface area contributed by atoms with Crippen molar-refractivity contribution in [1.82, 2.24) is 10.2 Å². The van der Waals surface area contributed by atoms with Gasteiger partial charge in [-0.15, -0.1) is 0 Å². The highest BCUT2D eigenvalue weighted by Gasteiger charge is 2.22. The van der Waals surface area contributed by atoms with Crippen molar-refractivity contribution < 1.29 is 8.42 Å². The number of rotatable bonds is 5. The maximum absolute atomic E-state index is 12.6. The Kier molecular flexibility index (Phi) is 5.21. The van der Waals surface area contributed by atoms with Crippen LogP contribution in [0, 0.1) is 13.8 Å². The molecule has 1 aromatic heterocycles. The van der Waals surface area contributed by atoms with Gasteiger partial charge in [-0.2, -0.15) is 5.10 Å². The van der Waals surface area contributed by atoms with E-state index in [-0.39, 0.29) is 10.3 Å². The second kappa shape index (κ2) is 7.31. The molecule has 3 rings (SSSR count). The zero-order valence-corrected chi connectivity index (χ0v) is 17.6. The summed E-state index contributed by atoms with van der Waals surface area (Å²) in [5, 5.41) is 10.1. The van der Waals surface area contributed by atoms with Gasteiger partial charge >= 0.3 is 0 Å². The number of benzene rings is 2. The zero-order valence-electron chi connectivity index (χ0n) is 16.8. The number of nitrogens with zero attached hydrogens (tertiary/aromatic N) is 1. The van der Waals surface area contributed by atoms with E-state index in [0.29, 0.717) is 17.1 Å². The molecule has 0 amide bonds. The molecular weight excluding hydrogens is 372 g/mol. The van der Waals surface area contributed by atoms with Gasteiger partial charge in [-0.25, -0.2) is 8.42 Å². The molecule has 28 heavy (non-hydrogen) atoms. The number of hydrogen-bond acceptors (Lipinski definition) is 4. The van der Waals surface area contributed by atoms with Crippen LogP contribution in [0.15, 0.2) is 53.4 Å². The summed E-state index contributed by atoms with van der Waals surface area (Å²) in [6, 6.07) is 15.4. The fourth-order valence-electron chi connectivity index (χ4n) is 3.17. The Morgan fingerprint density at radius 2 is 1.54 bits per heavy atom. The van der Waals surface area contributed by atoms with Crippen molar-refractivity contribution in [2.24, 2.45) is 0 Å². The van der Waals surface area contributed by atoms with Gasteiger partial charge in [-0.3, -0.25) is 9.82 Å². The van der Waals surface area contributed by atoms with Crippen LogP contribution >= 0.6 is 0 Å². The number of hydrogen-bond donors (Lipinski definition) is 3. The molecule has 3 N–H and O–H groups in total. The van der Waals surface area contributed by atoms with Crippen LogP contribution in [-0.4, -0.2) is 18.6 Å². The van der Waals surface area contributed by atoms with Gasteiger partial charge in [0, 0.05) is 17.1 Å². The minimum atomic E-state index is -3.69. The van der Waals surface area contributed by atoms with Crippen LogP contribution in [0.25, 0.3) is 0 Å². The minimum absolute atomic E-state index is 0.0134. The standard InChI is InChI=1S/C21H26N4O2S/c1-14-20(15(2)24-23-14)28(26,27)25-17-12-10-16(11-13-17)22-19-9-7-6-8-18(19)21(3,4)5/h6-13,22,25H,1-5H3,(H,23,24). The van der Waals surface area contributed by atoms with Gasteiger partial charge in [0.25, 0.3) is 10.0 Å². The molecule has 0 bridgehead atoms. The smallest absolute Gasteiger partial charge is 0.265 e. The Morgan fingerprint density at radius 1 is 0.929 bits per heavy atom. The van der Waals surface area contributed by atoms with Crippen molar-refractivity contribution in [2.75, 3.05) is 10.0 Å². The van der Waals surface area contributed by atoms with Crippen molar-refractivity contribution in [3.8, 4) is 0 Å². The van der Waals surface area contributed by atoms with E-state index in [1.165, 1.54) is 5.56 Å². The molecule has 7 heteroatoms. The van der Waals surface area contributed by atoms with Gasteiger partial charge in [0.1, 0.15) is 4.90 Å². The second-order valence-electron chi connectivity index (χ2n) is 7.87. The molecule has 0 unspecified atom stereocenters. The van der Waals surface area contributed by atoms with Crippen molar-refractivity contribution in [3.63, 3.8) is 0 Å². The van der Waals surface area contributed by atoms with E-state index >= 15 is 0 Å². The van der Waals surface area contributed by atoms with Crippen LogP contribution in [0.1, 0.15) is 37.7 Å². The first kappa shape index (κ1) is 19.9. The molecule has 0 radical (unpaired) electrons. The van der Waals surface area contributed by atoms with Crippen molar-refractivity contribution >= 4 is 27.1 Å². The highest BCUT2D eigenvalue weighted by Crippen LogP contribution is 2.31. The summed E-state index contributed by atoms with van der Waals surface area (Å²) in [6.07, 6.45) is 0. The Labute approximate surface area is 166 Å². The maximum Gasteiger partial charge on any atom is 0.265 e. The molecular formula is C21H26N4O2S. The van der Waals surface area contributed by atoms with Crippen LogP contribution < -0.4 is 10.0 Å². The van der Waals surface area contributed by atoms with Gasteiger partial charge in [-0.05, 0) is 55.2 Å². The normalized spacial score (nSPS) is 12.0. The molecule has 3 aromatic rings. The van der Waals surface area contributed by atoms with Gasteiger partial charge < -0.3 is 5.32 Å². The fourth-order valence-corrected chi connectivity index (χ4v) is 4.60. The molecule has 0 fully saturated rings. The van der Waals surface area contributed by atoms with E-state index in [9.17, 15) is 8.42 Å². The first-order valence-electron chi connectivity index (χ1n) is 9.09. The summed E-state index contributed by atoms with van der Waals surface area (Å²) in [7, 11) is -3.69. The molecule has 1 heterocycles. The maximum atomic E-state index is 12.6. The highest BCUT2D eigenvalue weighted by atomic mass is 32.2. The third kappa shape index (κ3) is 4.20. The van der Waals surface area contributed by atoms with Gasteiger partial charge in [0.15, 0.2) is 0 Å². The average Bonchev–Trinajstić information content (AvgIpc) is 2.95. The number of H-pyrrole nitrogens is 1. The first-order chi connectivity index (χ1) is 13.1. The quantitative estimate of drug-likeness (QED) is 0.572. The lowest BCUT2D eigenvalue weighted by Crippen LogP contribution is -2.14. The molecule has 0 saturated carbocycles. The first-order valence-corrected chi connectivity index (χ1v) is 10.6. The van der Waals surface area contributed by atoms with Gasteiger partial charge in [0.2, 0.25) is 0 Å². The molecule has 0 aliphatic rings. The van der Waals surface area contributed by atoms with Crippen molar-refractivity contribution in [3.05, 3.63) is 65.5 Å². The molecule has 6 nitrogen and oxygen atoms in total. The van der Waals surface area contributed by atoms with Gasteiger partial charge in [-0.1, -0.05) is 39.0 Å². The van der Waals surface area contributed by atoms with E-state index in [2.05, 4.69) is 47.1 Å². The molecule has 0 spiro atoms. The average molecular weight is 399 g/mol. The molecule has 148 valence electrons. The van der Waals surface area contributed by atoms with E-state index in [1.807, 2.05) is 30.3 Å². The number of aromatic nitrogens is 2. The lowest BCUT2D eigenvalue weighted by Gasteiger charge is -2.23. The Hall–Kier alpha value is -2.80. The SMILES string of the molecule is Cc1n[nH]c(C)c1S(=O)(=O)Nc1ccc(Nc2ccccc2C(C)(C)C)cc1. The lowest BCUT2D eigenvalue weighted by molar-refractivity contribution is 0.592. The fraction of sp³-hybridized carbons (Fsp3) is 0.286. The summed E-state index contributed by atoms with van der Waals surface area (Å²) in [4.78, 5) is 0.189. The van der Waals surface area contributed by atoms with Crippen LogP contribution in [0.5, 0.6) is 0 Å². The third-order valence-corrected chi connectivity index (χ3v) is 6.12. The van der Waals surface area contributed by atoms with Crippen LogP contribution in [0.2, 0.25) is 0 Å². The number of aryl methyl sites for hydroxylation is 2. The van der Waals surface area contributed by atoms with E-state index in [4.69, 9.17) is 0 Å². The number of para-hydroxylation sites is 1. The van der Waals surface area contributed by atoms with E-state index in [0.717, 1.165) is 11.4 Å². The van der Waals surface area contributed by atoms with Gasteiger partial charge in [0.05, 0.1) is 11.4 Å². The monoisotopic (exact) mass is 398 g/mol. The topological polar surface area (TPSA) is 86.9 Å². The molecule has 0 aliphatic heterocycles. The van der Waals surface area contributed by atoms with Crippen molar-refractivity contribution in [1.29, 1.82) is 0 Å². The van der Waals surface area contributed by atoms with Crippen LogP contribution in [0.3, 0.4) is 0 Å². The number of aromatic amines is 1.